The van der Waals surface area contributed by atoms with E-state index in [1.165, 1.54) is 6.92 Å². The molecule has 2 bridgehead atoms. The smallest absolute Gasteiger partial charge is 0.248 e. The Hall–Kier alpha value is -2.35. The minimum absolute atomic E-state index is 0.163. The highest BCUT2D eigenvalue weighted by atomic mass is 19.3. The van der Waals surface area contributed by atoms with Gasteiger partial charge in [0.1, 0.15) is 11.6 Å². The maximum Gasteiger partial charge on any atom is 0.248 e. The Balaban J connectivity index is 1.30. The fourth-order valence-corrected chi connectivity index (χ4v) is 6.66. The number of amides is 1. The average molecular weight is 520 g/mol. The van der Waals surface area contributed by atoms with Gasteiger partial charge in [-0.25, -0.2) is 8.78 Å². The van der Waals surface area contributed by atoms with E-state index >= 15 is 0 Å². The van der Waals surface area contributed by atoms with Crippen LogP contribution in [0.1, 0.15) is 115 Å². The van der Waals surface area contributed by atoms with E-state index in [4.69, 9.17) is 8.22 Å². The summed E-state index contributed by atoms with van der Waals surface area (Å²) in [6, 6.07) is 9.53. The topological polar surface area (TPSA) is 63.1 Å². The Bertz CT molecular complexity index is 1250. The van der Waals surface area contributed by atoms with Gasteiger partial charge in [-0.1, -0.05) is 44.1 Å². The van der Waals surface area contributed by atoms with Crippen molar-refractivity contribution in [1.82, 2.24) is 25.0 Å². The second-order valence-electron chi connectivity index (χ2n) is 11.1. The van der Waals surface area contributed by atoms with Gasteiger partial charge in [-0.15, -0.1) is 10.2 Å². The van der Waals surface area contributed by atoms with Crippen molar-refractivity contribution in [3.8, 4) is 0 Å². The number of rotatable bonds is 8. The molecule has 1 amide bonds. The van der Waals surface area contributed by atoms with Crippen LogP contribution in [0.25, 0.3) is 0 Å². The maximum absolute atomic E-state index is 13.7. The Labute approximate surface area is 227 Å². The lowest BCUT2D eigenvalue weighted by molar-refractivity contribution is -0.130. The number of nitrogens with one attached hydrogen (secondary N) is 1. The number of carbonyl (C=O) groups excluding carboxylic acids is 1. The van der Waals surface area contributed by atoms with E-state index in [1.807, 2.05) is 30.3 Å². The van der Waals surface area contributed by atoms with Crippen molar-refractivity contribution in [2.45, 2.75) is 114 Å². The molecule has 0 radical (unpaired) electrons. The molecule has 37 heavy (non-hydrogen) atoms. The first-order valence-electron chi connectivity index (χ1n) is 16.6. The van der Waals surface area contributed by atoms with Gasteiger partial charge in [0, 0.05) is 57.6 Å². The fourth-order valence-electron chi connectivity index (χ4n) is 6.66. The lowest BCUT2D eigenvalue weighted by Crippen LogP contribution is -2.45. The molecule has 4 atom stereocenters. The molecule has 0 spiro atoms. The fraction of sp³-hybridized carbons (Fsp3) is 0.690. The van der Waals surface area contributed by atoms with Gasteiger partial charge >= 0.3 is 0 Å². The molecule has 6 nitrogen and oxygen atoms in total. The van der Waals surface area contributed by atoms with Crippen LogP contribution in [-0.2, 0) is 4.79 Å². The summed E-state index contributed by atoms with van der Waals surface area (Å²) in [5, 5.41) is 11.2. The molecular weight excluding hydrogens is 472 g/mol. The number of nitrogens with zero attached hydrogens (tertiary/aromatic N) is 4. The van der Waals surface area contributed by atoms with Gasteiger partial charge in [-0.2, -0.15) is 0 Å². The van der Waals surface area contributed by atoms with E-state index in [0.29, 0.717) is 25.8 Å². The number of piperidine rings is 1. The summed E-state index contributed by atoms with van der Waals surface area (Å²) in [5.74, 6) is -4.21. The molecule has 3 heterocycles. The third kappa shape index (κ3) is 5.74. The van der Waals surface area contributed by atoms with E-state index in [0.717, 1.165) is 18.4 Å². The molecule has 2 saturated heterocycles. The molecule has 8 heteroatoms. The number of hydrogen-bond acceptors (Lipinski definition) is 4. The summed E-state index contributed by atoms with van der Waals surface area (Å²) in [6.45, 7) is -2.62. The van der Waals surface area contributed by atoms with Crippen molar-refractivity contribution in [2.24, 2.45) is 5.92 Å². The van der Waals surface area contributed by atoms with Crippen molar-refractivity contribution in [3.05, 3.63) is 47.5 Å². The minimum Gasteiger partial charge on any atom is -0.349 e. The zero-order chi connectivity index (χ0) is 31.2. The first-order valence-corrected chi connectivity index (χ1v) is 13.6. The molecule has 2 aromatic rings. The molecule has 202 valence electrons. The average Bonchev–Trinajstić information content (AvgIpc) is 3.48. The van der Waals surface area contributed by atoms with Crippen LogP contribution in [0.4, 0.5) is 8.78 Å². The molecule has 5 rings (SSSR count). The van der Waals surface area contributed by atoms with Crippen molar-refractivity contribution < 1.29 is 21.8 Å². The zero-order valence-electron chi connectivity index (χ0n) is 27.4. The first-order chi connectivity index (χ1) is 20.1. The van der Waals surface area contributed by atoms with E-state index < -0.39 is 31.5 Å². The highest BCUT2D eigenvalue weighted by Crippen LogP contribution is 2.42. The van der Waals surface area contributed by atoms with E-state index in [1.54, 1.807) is 4.57 Å². The molecule has 2 aliphatic heterocycles. The van der Waals surface area contributed by atoms with Crippen molar-refractivity contribution >= 4 is 5.91 Å². The second kappa shape index (κ2) is 10.8. The summed E-state index contributed by atoms with van der Waals surface area (Å²) >= 11 is 0. The SMILES string of the molecule is [2H]C([2H])([2H])c1nnc(C(C)C([2H])([2H])[2H])n1C1CC2CCC(C1)N2CCC(NC(=O)C1CCC(F)(F)CC1)c1ccccc1. The predicted octanol–water partition coefficient (Wildman–Crippen LogP) is 5.95. The number of aromatic nitrogens is 3. The molecule has 1 aromatic heterocycles. The molecule has 3 aliphatic rings. The van der Waals surface area contributed by atoms with Gasteiger partial charge < -0.3 is 9.88 Å². The van der Waals surface area contributed by atoms with Crippen LogP contribution in [0, 0.1) is 12.8 Å². The molecule has 1 N–H and O–H groups in total. The quantitative estimate of drug-likeness (QED) is 0.468. The Morgan fingerprint density at radius 1 is 1.11 bits per heavy atom. The molecule has 1 aliphatic carbocycles. The Morgan fingerprint density at radius 2 is 1.81 bits per heavy atom. The van der Waals surface area contributed by atoms with Crippen LogP contribution in [0.3, 0.4) is 0 Å². The summed E-state index contributed by atoms with van der Waals surface area (Å²) in [5.41, 5.74) is 0.967. The monoisotopic (exact) mass is 519 g/mol. The lowest BCUT2D eigenvalue weighted by atomic mass is 9.86. The minimum atomic E-state index is -2.69. The third-order valence-electron chi connectivity index (χ3n) is 8.62. The Kier molecular flexibility index (Phi) is 5.74. The van der Waals surface area contributed by atoms with Gasteiger partial charge in [0.15, 0.2) is 0 Å². The summed E-state index contributed by atoms with van der Waals surface area (Å²) in [7, 11) is 0. The maximum atomic E-state index is 13.7. The summed E-state index contributed by atoms with van der Waals surface area (Å²) < 4.78 is 76.8. The van der Waals surface area contributed by atoms with E-state index in [-0.39, 0.29) is 67.4 Å². The van der Waals surface area contributed by atoms with Crippen molar-refractivity contribution in [3.63, 3.8) is 0 Å². The largest absolute Gasteiger partial charge is 0.349 e. The number of aryl methyl sites for hydroxylation is 1. The van der Waals surface area contributed by atoms with Gasteiger partial charge in [-0.05, 0) is 57.4 Å². The molecule has 1 aromatic carbocycles. The van der Waals surface area contributed by atoms with Crippen LogP contribution in [0.5, 0.6) is 0 Å². The summed E-state index contributed by atoms with van der Waals surface area (Å²) in [6.07, 6.45) is 3.66. The van der Waals surface area contributed by atoms with Gasteiger partial charge in [-0.3, -0.25) is 9.69 Å². The zero-order valence-corrected chi connectivity index (χ0v) is 21.4. The number of carbonyl (C=O) groups is 1. The van der Waals surface area contributed by atoms with Gasteiger partial charge in [0.2, 0.25) is 11.8 Å². The van der Waals surface area contributed by atoms with Crippen LogP contribution in [0.2, 0.25) is 0 Å². The number of benzene rings is 1. The number of fused-ring (bicyclic) bond motifs is 2. The first kappa shape index (κ1) is 19.7. The summed E-state index contributed by atoms with van der Waals surface area (Å²) in [4.78, 5) is 15.6. The normalized spacial score (nSPS) is 30.7. The van der Waals surface area contributed by atoms with Crippen molar-refractivity contribution in [1.29, 1.82) is 0 Å². The number of halogens is 2. The predicted molar refractivity (Wildman–Crippen MR) is 139 cm³/mol. The lowest BCUT2D eigenvalue weighted by Gasteiger charge is -2.40. The standard InChI is InChI=1S/C29H41F2N5O/c1-19(2)27-34-33-20(3)36(27)25-17-23-9-10-24(18-25)35(23)16-13-26(21-7-5-4-6-8-21)32-28(37)22-11-14-29(30,31)15-12-22/h4-8,19,22-26H,9-18H2,1-3H3,(H,32,37)/i1D3,3D3. The van der Waals surface area contributed by atoms with Crippen LogP contribution in [-0.4, -0.2) is 50.1 Å². The second-order valence-corrected chi connectivity index (χ2v) is 11.1. The van der Waals surface area contributed by atoms with E-state index in [2.05, 4.69) is 20.4 Å². The van der Waals surface area contributed by atoms with Gasteiger partial charge in [0.05, 0.1) is 6.04 Å². The van der Waals surface area contributed by atoms with E-state index in [9.17, 15) is 13.6 Å². The molecule has 4 unspecified atom stereocenters. The number of hydrogen-bond donors (Lipinski definition) is 1. The molecule has 3 fully saturated rings. The molecular formula is C29H41F2N5O. The highest BCUT2D eigenvalue weighted by molar-refractivity contribution is 5.79. The highest BCUT2D eigenvalue weighted by Gasteiger charge is 2.42. The van der Waals surface area contributed by atoms with Crippen LogP contribution in [0.15, 0.2) is 30.3 Å². The van der Waals surface area contributed by atoms with Crippen LogP contribution < -0.4 is 5.32 Å². The molecule has 1 saturated carbocycles. The van der Waals surface area contributed by atoms with Crippen molar-refractivity contribution in [2.75, 3.05) is 6.54 Å². The number of alkyl halides is 2. The Morgan fingerprint density at radius 3 is 2.46 bits per heavy atom. The van der Waals surface area contributed by atoms with Crippen LogP contribution >= 0.6 is 0 Å². The van der Waals surface area contributed by atoms with Gasteiger partial charge in [0.25, 0.3) is 0 Å². The third-order valence-corrected chi connectivity index (χ3v) is 8.62.